The van der Waals surface area contributed by atoms with Crippen LogP contribution in [-0.4, -0.2) is 15.6 Å². The summed E-state index contributed by atoms with van der Waals surface area (Å²) in [7, 11) is 0. The van der Waals surface area contributed by atoms with Gasteiger partial charge in [0, 0.05) is 17.3 Å². The Morgan fingerprint density at radius 2 is 1.89 bits per heavy atom. The number of rotatable bonds is 2. The molecule has 0 radical (unpaired) electrons. The number of hydrogen-bond donors (Lipinski definition) is 1. The van der Waals surface area contributed by atoms with E-state index in [1.165, 1.54) is 6.42 Å². The summed E-state index contributed by atoms with van der Waals surface area (Å²) in [4.78, 5) is 21.1. The zero-order valence-electron chi connectivity index (χ0n) is 17.0. The molecular weight excluding hydrogens is 336 g/mol. The number of aromatic nitrogens is 2. The molecule has 2 heterocycles. The van der Waals surface area contributed by atoms with Crippen molar-refractivity contribution in [2.24, 2.45) is 11.8 Å². The second kappa shape index (κ2) is 6.22. The van der Waals surface area contributed by atoms with Gasteiger partial charge in [-0.15, -0.1) is 0 Å². The van der Waals surface area contributed by atoms with E-state index >= 15 is 0 Å². The van der Waals surface area contributed by atoms with Crippen LogP contribution >= 0.6 is 0 Å². The van der Waals surface area contributed by atoms with Gasteiger partial charge in [-0.3, -0.25) is 4.79 Å². The molecule has 27 heavy (non-hydrogen) atoms. The number of hydrogen-bond acceptors (Lipinski definition) is 3. The highest BCUT2D eigenvalue weighted by molar-refractivity contribution is 5.37. The molecule has 2 aromatic rings. The van der Waals surface area contributed by atoms with Gasteiger partial charge in [-0.2, -0.15) is 4.98 Å². The fourth-order valence-corrected chi connectivity index (χ4v) is 5.01. The van der Waals surface area contributed by atoms with E-state index in [1.54, 1.807) is 0 Å². The number of nitrogens with one attached hydrogen (secondary N) is 1. The van der Waals surface area contributed by atoms with Gasteiger partial charge in [-0.05, 0) is 52.0 Å². The highest BCUT2D eigenvalue weighted by Gasteiger charge is 2.48. The predicted molar refractivity (Wildman–Crippen MR) is 107 cm³/mol. The first-order valence-electron chi connectivity index (χ1n) is 10.1. The summed E-state index contributed by atoms with van der Waals surface area (Å²) in [6, 6.07) is 10.2. The molecule has 2 unspecified atom stereocenters. The lowest BCUT2D eigenvalue weighted by atomic mass is 9.65. The average molecular weight is 367 g/mol. The van der Waals surface area contributed by atoms with Crippen LogP contribution in [0.2, 0.25) is 0 Å². The topological polar surface area (TPSA) is 55.0 Å². The molecule has 1 aromatic carbocycles. The van der Waals surface area contributed by atoms with Gasteiger partial charge in [0.25, 0.3) is 5.56 Å². The third kappa shape index (κ3) is 2.99. The van der Waals surface area contributed by atoms with Crippen LogP contribution in [0.4, 0.5) is 0 Å². The Morgan fingerprint density at radius 3 is 2.59 bits per heavy atom. The maximum Gasteiger partial charge on any atom is 0.258 e. The Kier molecular flexibility index (Phi) is 4.21. The molecule has 0 amide bonds. The fraction of sp³-hybridized carbons (Fsp3) is 0.565. The third-order valence-corrected chi connectivity index (χ3v) is 6.74. The minimum Gasteiger partial charge on any atom is -0.471 e. The van der Waals surface area contributed by atoms with Gasteiger partial charge >= 0.3 is 0 Å². The zero-order chi connectivity index (χ0) is 19.4. The van der Waals surface area contributed by atoms with Crippen LogP contribution in [0, 0.1) is 11.8 Å². The van der Waals surface area contributed by atoms with Gasteiger partial charge in [0.05, 0.1) is 5.56 Å². The molecule has 3 atom stereocenters. The second-order valence-electron chi connectivity index (χ2n) is 9.46. The number of aromatic amines is 1. The molecule has 144 valence electrons. The van der Waals surface area contributed by atoms with Crippen LogP contribution in [0.25, 0.3) is 0 Å². The van der Waals surface area contributed by atoms with E-state index in [0.717, 1.165) is 24.0 Å². The van der Waals surface area contributed by atoms with Gasteiger partial charge in [0.1, 0.15) is 11.4 Å². The molecule has 4 heteroatoms. The van der Waals surface area contributed by atoms with Crippen LogP contribution < -0.4 is 10.3 Å². The quantitative estimate of drug-likeness (QED) is 0.832. The largest absolute Gasteiger partial charge is 0.471 e. The van der Waals surface area contributed by atoms with Gasteiger partial charge in [0.15, 0.2) is 0 Å². The van der Waals surface area contributed by atoms with E-state index in [4.69, 9.17) is 9.72 Å². The van der Waals surface area contributed by atoms with Crippen molar-refractivity contribution in [2.75, 3.05) is 0 Å². The van der Waals surface area contributed by atoms with Crippen molar-refractivity contribution in [2.45, 2.75) is 70.8 Å². The molecule has 4 nitrogen and oxygen atoms in total. The Morgan fingerprint density at radius 1 is 1.19 bits per heavy atom. The highest BCUT2D eigenvalue weighted by Crippen LogP contribution is 2.51. The summed E-state index contributed by atoms with van der Waals surface area (Å²) >= 11 is 0. The first kappa shape index (κ1) is 18.3. The monoisotopic (exact) mass is 366 g/mol. The van der Waals surface area contributed by atoms with E-state index in [-0.39, 0.29) is 17.1 Å². The lowest BCUT2D eigenvalue weighted by Gasteiger charge is -2.47. The molecule has 1 saturated carbocycles. The van der Waals surface area contributed by atoms with Crippen molar-refractivity contribution in [1.82, 2.24) is 9.97 Å². The predicted octanol–water partition coefficient (Wildman–Crippen LogP) is 4.79. The average Bonchev–Trinajstić information content (AvgIpc) is 2.61. The SMILES string of the molecule is C[C@H]1CCC2C(C1)c1c(nc(C(C)(C)c3ccccc3)[nH]c1=O)OC2(C)C. The van der Waals surface area contributed by atoms with Gasteiger partial charge < -0.3 is 9.72 Å². The highest BCUT2D eigenvalue weighted by atomic mass is 16.5. The van der Waals surface area contributed by atoms with E-state index in [1.807, 2.05) is 18.2 Å². The Balaban J connectivity index is 1.83. The number of ether oxygens (including phenoxy) is 1. The van der Waals surface area contributed by atoms with Gasteiger partial charge in [0.2, 0.25) is 5.88 Å². The second-order valence-corrected chi connectivity index (χ2v) is 9.46. The lowest BCUT2D eigenvalue weighted by Crippen LogP contribution is -2.49. The maximum atomic E-state index is 13.2. The van der Waals surface area contributed by atoms with Crippen LogP contribution in [0.15, 0.2) is 35.1 Å². The Hall–Kier alpha value is -2.10. The van der Waals surface area contributed by atoms with Crippen LogP contribution in [0.3, 0.4) is 0 Å². The summed E-state index contributed by atoms with van der Waals surface area (Å²) in [5.41, 5.74) is 1.15. The number of fused-ring (bicyclic) bond motifs is 3. The Bertz CT molecular complexity index is 898. The van der Waals surface area contributed by atoms with Crippen molar-refractivity contribution in [3.8, 4) is 5.88 Å². The molecule has 1 N–H and O–H groups in total. The first-order chi connectivity index (χ1) is 12.7. The van der Waals surface area contributed by atoms with E-state index in [2.05, 4.69) is 51.7 Å². The van der Waals surface area contributed by atoms with E-state index in [0.29, 0.717) is 23.5 Å². The van der Waals surface area contributed by atoms with E-state index in [9.17, 15) is 4.79 Å². The van der Waals surface area contributed by atoms with Crippen molar-refractivity contribution in [1.29, 1.82) is 0 Å². The molecule has 1 aromatic heterocycles. The first-order valence-corrected chi connectivity index (χ1v) is 10.1. The molecule has 0 spiro atoms. The summed E-state index contributed by atoms with van der Waals surface area (Å²) in [6.07, 6.45) is 3.35. The van der Waals surface area contributed by atoms with Crippen molar-refractivity contribution < 1.29 is 4.74 Å². The van der Waals surface area contributed by atoms with Crippen molar-refractivity contribution in [3.05, 3.63) is 57.6 Å². The molecule has 1 aliphatic heterocycles. The fourth-order valence-electron chi connectivity index (χ4n) is 5.01. The molecule has 1 aliphatic carbocycles. The molecule has 4 rings (SSSR count). The minimum absolute atomic E-state index is 0.0291. The number of benzene rings is 1. The zero-order valence-corrected chi connectivity index (χ0v) is 17.0. The minimum atomic E-state index is -0.403. The number of nitrogens with zero attached hydrogens (tertiary/aromatic N) is 1. The standard InChI is InChI=1S/C23H30N2O2/c1-14-11-12-17-16(13-14)18-19(26)24-21(25-20(18)27-23(17,4)5)22(2,3)15-9-7-6-8-10-15/h6-10,14,16-17H,11-13H2,1-5H3,(H,24,25,26)/t14-,16?,17?/m0/s1. The smallest absolute Gasteiger partial charge is 0.258 e. The van der Waals surface area contributed by atoms with E-state index < -0.39 is 5.41 Å². The number of H-pyrrole nitrogens is 1. The summed E-state index contributed by atoms with van der Waals surface area (Å²) < 4.78 is 6.35. The molecule has 2 aliphatic rings. The van der Waals surface area contributed by atoms with Gasteiger partial charge in [-0.1, -0.05) is 43.7 Å². The lowest BCUT2D eigenvalue weighted by molar-refractivity contribution is -0.0189. The summed E-state index contributed by atoms with van der Waals surface area (Å²) in [5, 5.41) is 0. The maximum absolute atomic E-state index is 13.2. The van der Waals surface area contributed by atoms with Crippen LogP contribution in [0.5, 0.6) is 5.88 Å². The normalized spacial score (nSPS) is 26.6. The van der Waals surface area contributed by atoms with Crippen LogP contribution in [0.1, 0.15) is 76.8 Å². The molecular formula is C23H30N2O2. The summed E-state index contributed by atoms with van der Waals surface area (Å²) in [5.74, 6) is 2.44. The van der Waals surface area contributed by atoms with Gasteiger partial charge in [-0.25, -0.2) is 0 Å². The Labute approximate surface area is 161 Å². The molecule has 0 bridgehead atoms. The summed E-state index contributed by atoms with van der Waals surface area (Å²) in [6.45, 7) is 10.8. The molecule has 0 saturated heterocycles. The third-order valence-electron chi connectivity index (χ3n) is 6.74. The van der Waals surface area contributed by atoms with Crippen molar-refractivity contribution >= 4 is 0 Å². The van der Waals surface area contributed by atoms with Crippen molar-refractivity contribution in [3.63, 3.8) is 0 Å². The molecule has 1 fully saturated rings. The van der Waals surface area contributed by atoms with Crippen LogP contribution in [-0.2, 0) is 5.41 Å².